The minimum atomic E-state index is -0.691. The lowest BCUT2D eigenvalue weighted by Crippen LogP contribution is -2.59. The highest BCUT2D eigenvalue weighted by Gasteiger charge is 2.41. The quantitative estimate of drug-likeness (QED) is 0.733. The summed E-state index contributed by atoms with van der Waals surface area (Å²) >= 11 is 6.38. The van der Waals surface area contributed by atoms with Crippen molar-refractivity contribution in [3.8, 4) is 5.75 Å². The van der Waals surface area contributed by atoms with Crippen LogP contribution in [-0.2, 0) is 4.79 Å². The largest absolute Gasteiger partial charge is 0.479 e. The highest BCUT2D eigenvalue weighted by Crippen LogP contribution is 2.35. The van der Waals surface area contributed by atoms with E-state index in [-0.39, 0.29) is 36.4 Å². The van der Waals surface area contributed by atoms with Crippen molar-refractivity contribution < 1.29 is 13.9 Å². The van der Waals surface area contributed by atoms with Gasteiger partial charge < -0.3 is 19.8 Å². The Hall–Kier alpha value is -1.76. The molecule has 0 aliphatic carbocycles. The van der Waals surface area contributed by atoms with E-state index < -0.39 is 11.7 Å². The lowest BCUT2D eigenvalue weighted by atomic mass is 9.82. The van der Waals surface area contributed by atoms with E-state index in [0.29, 0.717) is 16.4 Å². The molecule has 2 aromatic rings. The molecule has 2 fully saturated rings. The molecular weight excluding hydrogens is 415 g/mol. The number of piperidine rings is 2. The second kappa shape index (κ2) is 8.54. The van der Waals surface area contributed by atoms with Gasteiger partial charge in [-0.3, -0.25) is 4.79 Å². The van der Waals surface area contributed by atoms with Crippen LogP contribution in [0.15, 0.2) is 27.4 Å². The van der Waals surface area contributed by atoms with Gasteiger partial charge in [-0.2, -0.15) is 0 Å². The zero-order chi connectivity index (χ0) is 20.0. The number of nitrogens with zero attached hydrogens (tertiary/aromatic N) is 1. The lowest BCUT2D eigenvalue weighted by Gasteiger charge is -2.48. The van der Waals surface area contributed by atoms with Crippen molar-refractivity contribution in [1.82, 2.24) is 4.90 Å². The Balaban J connectivity index is 0.00000240. The highest BCUT2D eigenvalue weighted by molar-refractivity contribution is 6.32. The van der Waals surface area contributed by atoms with E-state index in [1.165, 1.54) is 6.07 Å². The number of amides is 1. The fourth-order valence-electron chi connectivity index (χ4n) is 4.64. The molecule has 6 nitrogen and oxygen atoms in total. The molecule has 2 aliphatic heterocycles. The molecule has 0 radical (unpaired) electrons. The number of aryl methyl sites for hydroxylation is 1. The fourth-order valence-corrected chi connectivity index (χ4v) is 4.85. The van der Waals surface area contributed by atoms with Crippen LogP contribution < -0.4 is 16.1 Å². The number of rotatable bonds is 3. The Morgan fingerprint density at radius 2 is 1.93 bits per heavy atom. The third kappa shape index (κ3) is 4.25. The van der Waals surface area contributed by atoms with Crippen molar-refractivity contribution in [2.24, 2.45) is 5.73 Å². The van der Waals surface area contributed by atoms with Gasteiger partial charge in [-0.15, -0.1) is 12.4 Å². The summed E-state index contributed by atoms with van der Waals surface area (Å²) in [6.45, 7) is 3.56. The van der Waals surface area contributed by atoms with Gasteiger partial charge in [0.25, 0.3) is 5.91 Å². The molecule has 2 N–H and O–H groups in total. The van der Waals surface area contributed by atoms with E-state index in [1.54, 1.807) is 19.1 Å². The Morgan fingerprint density at radius 1 is 1.28 bits per heavy atom. The van der Waals surface area contributed by atoms with E-state index in [2.05, 4.69) is 0 Å². The first kappa shape index (κ1) is 21.9. The summed E-state index contributed by atoms with van der Waals surface area (Å²) in [6.07, 6.45) is 4.11. The molecule has 1 aromatic heterocycles. The van der Waals surface area contributed by atoms with Gasteiger partial charge in [0.15, 0.2) is 6.10 Å². The topological polar surface area (TPSA) is 85.8 Å². The maximum Gasteiger partial charge on any atom is 0.336 e. The average molecular weight is 441 g/mol. The summed E-state index contributed by atoms with van der Waals surface area (Å²) in [5.41, 5.74) is 6.90. The van der Waals surface area contributed by atoms with Crippen molar-refractivity contribution in [3.05, 3.63) is 39.2 Å². The second-order valence-corrected chi connectivity index (χ2v) is 8.41. The maximum absolute atomic E-state index is 13.1. The first-order valence-electron chi connectivity index (χ1n) is 9.82. The van der Waals surface area contributed by atoms with Gasteiger partial charge in [-0.1, -0.05) is 11.6 Å². The lowest BCUT2D eigenvalue weighted by molar-refractivity contribution is -0.148. The number of carbonyl (C=O) groups is 1. The van der Waals surface area contributed by atoms with E-state index >= 15 is 0 Å². The first-order valence-corrected chi connectivity index (χ1v) is 10.2. The molecular formula is C21H26Cl2N2O4. The van der Waals surface area contributed by atoms with Crippen LogP contribution in [0, 0.1) is 6.92 Å². The third-order valence-corrected chi connectivity index (χ3v) is 6.22. The molecule has 1 amide bonds. The molecule has 2 bridgehead atoms. The second-order valence-electron chi connectivity index (χ2n) is 8.00. The number of halogens is 2. The number of carbonyl (C=O) groups excluding carboxylic acids is 1. The number of ether oxygens (including phenoxy) is 1. The van der Waals surface area contributed by atoms with Crippen LogP contribution in [0.2, 0.25) is 5.02 Å². The molecule has 158 valence electrons. The predicted molar refractivity (Wildman–Crippen MR) is 115 cm³/mol. The SMILES string of the molecule is Cc1cc(=O)oc2cc(OC(C)C(=O)N3[C@@H]4CCC[C@H]3CC(N)C4)c(Cl)cc12.Cl. The number of hydrogen-bond donors (Lipinski definition) is 1. The molecule has 4 atom stereocenters. The molecule has 0 saturated carbocycles. The van der Waals surface area contributed by atoms with Crippen molar-refractivity contribution >= 4 is 40.9 Å². The van der Waals surface area contributed by atoms with Gasteiger partial charge in [0.1, 0.15) is 11.3 Å². The van der Waals surface area contributed by atoms with Crippen LogP contribution in [0.5, 0.6) is 5.75 Å². The van der Waals surface area contributed by atoms with Crippen molar-refractivity contribution in [2.75, 3.05) is 0 Å². The van der Waals surface area contributed by atoms with Gasteiger partial charge in [-0.25, -0.2) is 4.79 Å². The zero-order valence-electron chi connectivity index (χ0n) is 16.5. The summed E-state index contributed by atoms with van der Waals surface area (Å²) in [5.74, 6) is 0.297. The summed E-state index contributed by atoms with van der Waals surface area (Å²) < 4.78 is 11.2. The maximum atomic E-state index is 13.1. The normalized spacial score (nSPS) is 24.7. The van der Waals surface area contributed by atoms with Crippen LogP contribution in [0.3, 0.4) is 0 Å². The molecule has 2 aliphatic rings. The average Bonchev–Trinajstić information content (AvgIpc) is 2.61. The van der Waals surface area contributed by atoms with E-state index in [1.807, 2.05) is 11.8 Å². The summed E-state index contributed by atoms with van der Waals surface area (Å²) in [4.78, 5) is 26.8. The van der Waals surface area contributed by atoms with Gasteiger partial charge in [0.05, 0.1) is 5.02 Å². The predicted octanol–water partition coefficient (Wildman–Crippen LogP) is 3.81. The number of fused-ring (bicyclic) bond motifs is 3. The monoisotopic (exact) mass is 440 g/mol. The highest BCUT2D eigenvalue weighted by atomic mass is 35.5. The molecule has 8 heteroatoms. The summed E-state index contributed by atoms with van der Waals surface area (Å²) in [5, 5.41) is 1.13. The molecule has 2 unspecified atom stereocenters. The molecule has 29 heavy (non-hydrogen) atoms. The smallest absolute Gasteiger partial charge is 0.336 e. The zero-order valence-corrected chi connectivity index (χ0v) is 18.1. The van der Waals surface area contributed by atoms with E-state index in [9.17, 15) is 9.59 Å². The van der Waals surface area contributed by atoms with Crippen LogP contribution >= 0.6 is 24.0 Å². The first-order chi connectivity index (χ1) is 13.3. The summed E-state index contributed by atoms with van der Waals surface area (Å²) in [6, 6.07) is 5.25. The molecule has 3 heterocycles. The van der Waals surface area contributed by atoms with Crippen LogP contribution in [-0.4, -0.2) is 35.0 Å². The van der Waals surface area contributed by atoms with E-state index in [4.69, 9.17) is 26.5 Å². The minimum Gasteiger partial charge on any atom is -0.479 e. The van der Waals surface area contributed by atoms with Gasteiger partial charge in [0.2, 0.25) is 0 Å². The van der Waals surface area contributed by atoms with Crippen molar-refractivity contribution in [1.29, 1.82) is 0 Å². The summed E-state index contributed by atoms with van der Waals surface area (Å²) in [7, 11) is 0. The molecule has 4 rings (SSSR count). The molecule has 0 spiro atoms. The Kier molecular flexibility index (Phi) is 6.46. The molecule has 2 saturated heterocycles. The Labute approximate surface area is 180 Å². The van der Waals surface area contributed by atoms with Crippen LogP contribution in [0.25, 0.3) is 11.0 Å². The van der Waals surface area contributed by atoms with Crippen LogP contribution in [0.4, 0.5) is 0 Å². The van der Waals surface area contributed by atoms with Gasteiger partial charge >= 0.3 is 5.63 Å². The van der Waals surface area contributed by atoms with Crippen molar-refractivity contribution in [3.63, 3.8) is 0 Å². The van der Waals surface area contributed by atoms with Gasteiger partial charge in [0, 0.05) is 35.6 Å². The van der Waals surface area contributed by atoms with Gasteiger partial charge in [-0.05, 0) is 57.6 Å². The number of benzene rings is 1. The van der Waals surface area contributed by atoms with E-state index in [0.717, 1.165) is 43.1 Å². The molecule has 1 aromatic carbocycles. The minimum absolute atomic E-state index is 0. The van der Waals surface area contributed by atoms with Crippen molar-refractivity contribution in [2.45, 2.75) is 70.2 Å². The van der Waals surface area contributed by atoms with Crippen LogP contribution in [0.1, 0.15) is 44.6 Å². The third-order valence-electron chi connectivity index (χ3n) is 5.92. The number of nitrogens with two attached hydrogens (primary N) is 1. The number of hydrogen-bond acceptors (Lipinski definition) is 5. The fraction of sp³-hybridized carbons (Fsp3) is 0.524. The standard InChI is InChI=1S/C21H25ClN2O4.ClH/c1-11-6-20(25)28-18-10-19(17(22)9-16(11)18)27-12(2)21(26)24-14-4-3-5-15(24)8-13(23)7-14;/h6,9-10,12-15H,3-5,7-8,23H2,1-2H3;1H/t12?,13?,14-,15+;. The Bertz CT molecular complexity index is 963. The Morgan fingerprint density at radius 3 is 2.59 bits per heavy atom.